The van der Waals surface area contributed by atoms with Crippen LogP contribution in [-0.2, 0) is 19.4 Å². The highest BCUT2D eigenvalue weighted by Crippen LogP contribution is 2.44. The number of aryl methyl sites for hydroxylation is 1. The fourth-order valence-corrected chi connectivity index (χ4v) is 6.66. The number of aromatic nitrogens is 1. The van der Waals surface area contributed by atoms with E-state index in [0.717, 1.165) is 30.5 Å². The molecule has 2 amide bonds. The molecule has 1 N–H and O–H groups in total. The van der Waals surface area contributed by atoms with E-state index >= 15 is 0 Å². The minimum atomic E-state index is -0.453. The zero-order valence-corrected chi connectivity index (χ0v) is 20.0. The lowest BCUT2D eigenvalue weighted by atomic mass is 9.95. The number of rotatable bonds is 2. The molecular weight excluding hydrogens is 469 g/mol. The van der Waals surface area contributed by atoms with Crippen molar-refractivity contribution in [3.8, 4) is 5.00 Å². The highest BCUT2D eigenvalue weighted by molar-refractivity contribution is 7.15. The molecule has 0 saturated carbocycles. The molecule has 0 radical (unpaired) electrons. The fourth-order valence-electron chi connectivity index (χ4n) is 5.13. The van der Waals surface area contributed by atoms with E-state index < -0.39 is 5.82 Å². The molecule has 34 heavy (non-hydrogen) atoms. The summed E-state index contributed by atoms with van der Waals surface area (Å²) >= 11 is 8.02. The molecule has 1 unspecified atom stereocenters. The van der Waals surface area contributed by atoms with Crippen molar-refractivity contribution in [2.24, 2.45) is 0 Å². The second-order valence-corrected chi connectivity index (χ2v) is 10.3. The van der Waals surface area contributed by atoms with E-state index in [-0.39, 0.29) is 17.8 Å². The van der Waals surface area contributed by atoms with Crippen LogP contribution in [0, 0.1) is 5.82 Å². The van der Waals surface area contributed by atoms with Crippen molar-refractivity contribution in [3.05, 3.63) is 105 Å². The summed E-state index contributed by atoms with van der Waals surface area (Å²) in [5, 5.41) is 4.65. The smallest absolute Gasteiger partial charge is 0.310 e. The molecule has 1 aliphatic carbocycles. The SMILES string of the molecule is O=C(Nc1ccccc1F)N1Cc2c(sc3c2CCCC3)-n2cccc2C1c1ccc(Cl)cc1. The van der Waals surface area contributed by atoms with Crippen molar-refractivity contribution in [1.29, 1.82) is 0 Å². The van der Waals surface area contributed by atoms with Crippen LogP contribution in [0.25, 0.3) is 5.00 Å². The van der Waals surface area contributed by atoms with Gasteiger partial charge in [0.15, 0.2) is 0 Å². The Morgan fingerprint density at radius 2 is 1.79 bits per heavy atom. The molecule has 1 atom stereocenters. The summed E-state index contributed by atoms with van der Waals surface area (Å²) in [7, 11) is 0. The number of carbonyl (C=O) groups is 1. The molecule has 2 aromatic heterocycles. The first-order valence-electron chi connectivity index (χ1n) is 11.5. The Kier molecular flexibility index (Phi) is 5.42. The zero-order valence-electron chi connectivity index (χ0n) is 18.4. The average Bonchev–Trinajstić information content (AvgIpc) is 3.43. The van der Waals surface area contributed by atoms with Gasteiger partial charge in [0.2, 0.25) is 0 Å². The maximum atomic E-state index is 14.4. The van der Waals surface area contributed by atoms with Gasteiger partial charge in [0.1, 0.15) is 10.8 Å². The van der Waals surface area contributed by atoms with E-state index in [1.807, 2.05) is 46.6 Å². The summed E-state index contributed by atoms with van der Waals surface area (Å²) in [5.41, 5.74) is 4.72. The van der Waals surface area contributed by atoms with Gasteiger partial charge in [0.25, 0.3) is 0 Å². The van der Waals surface area contributed by atoms with Gasteiger partial charge in [0, 0.05) is 21.7 Å². The molecule has 6 rings (SSSR count). The van der Waals surface area contributed by atoms with E-state index in [4.69, 9.17) is 11.6 Å². The third-order valence-corrected chi connectivity index (χ3v) is 8.33. The summed E-state index contributed by atoms with van der Waals surface area (Å²) in [6.07, 6.45) is 6.57. The molecule has 172 valence electrons. The second-order valence-electron chi connectivity index (χ2n) is 8.79. The van der Waals surface area contributed by atoms with Crippen LogP contribution in [0.1, 0.15) is 46.1 Å². The topological polar surface area (TPSA) is 37.3 Å². The highest BCUT2D eigenvalue weighted by atomic mass is 35.5. The van der Waals surface area contributed by atoms with E-state index in [2.05, 4.69) is 22.1 Å². The summed E-state index contributed by atoms with van der Waals surface area (Å²) in [6.45, 7) is 0.455. The van der Waals surface area contributed by atoms with Gasteiger partial charge in [-0.15, -0.1) is 11.3 Å². The minimum absolute atomic E-state index is 0.176. The number of benzene rings is 2. The monoisotopic (exact) mass is 491 g/mol. The average molecular weight is 492 g/mol. The maximum absolute atomic E-state index is 14.4. The Balaban J connectivity index is 1.51. The van der Waals surface area contributed by atoms with Crippen LogP contribution < -0.4 is 5.32 Å². The lowest BCUT2D eigenvalue weighted by Gasteiger charge is -2.31. The van der Waals surface area contributed by atoms with Crippen LogP contribution in [0.3, 0.4) is 0 Å². The number of thiophene rings is 1. The Bertz CT molecular complexity index is 1380. The number of carbonyl (C=O) groups excluding carboxylic acids is 1. The van der Waals surface area contributed by atoms with Gasteiger partial charge in [-0.25, -0.2) is 9.18 Å². The molecule has 0 spiro atoms. The molecule has 1 aliphatic heterocycles. The summed E-state index contributed by atoms with van der Waals surface area (Å²) in [4.78, 5) is 17.0. The van der Waals surface area contributed by atoms with Crippen LogP contribution in [0.5, 0.6) is 0 Å². The van der Waals surface area contributed by atoms with Crippen molar-refractivity contribution >= 4 is 34.7 Å². The number of para-hydroxylation sites is 1. The lowest BCUT2D eigenvalue weighted by Crippen LogP contribution is -2.38. The van der Waals surface area contributed by atoms with Crippen molar-refractivity contribution in [2.75, 3.05) is 5.32 Å². The minimum Gasteiger partial charge on any atom is -0.310 e. The van der Waals surface area contributed by atoms with E-state index in [1.54, 1.807) is 18.2 Å². The van der Waals surface area contributed by atoms with Gasteiger partial charge in [0.05, 0.1) is 24.0 Å². The third-order valence-electron chi connectivity index (χ3n) is 6.74. The molecule has 2 aliphatic rings. The molecule has 0 fully saturated rings. The van der Waals surface area contributed by atoms with Crippen molar-refractivity contribution in [3.63, 3.8) is 0 Å². The molecule has 4 nitrogen and oxygen atoms in total. The first kappa shape index (κ1) is 21.4. The number of halogens is 2. The molecule has 3 heterocycles. The Morgan fingerprint density at radius 3 is 2.62 bits per heavy atom. The summed E-state index contributed by atoms with van der Waals surface area (Å²) < 4.78 is 16.6. The molecule has 0 saturated heterocycles. The summed E-state index contributed by atoms with van der Waals surface area (Å²) in [6, 6.07) is 17.3. The Morgan fingerprint density at radius 1 is 1.00 bits per heavy atom. The van der Waals surface area contributed by atoms with Crippen LogP contribution in [0.4, 0.5) is 14.9 Å². The molecule has 0 bridgehead atoms. The van der Waals surface area contributed by atoms with Crippen LogP contribution >= 0.6 is 22.9 Å². The van der Waals surface area contributed by atoms with Crippen molar-refractivity contribution < 1.29 is 9.18 Å². The molecule has 7 heteroatoms. The van der Waals surface area contributed by atoms with Crippen LogP contribution in [0.15, 0.2) is 66.9 Å². The van der Waals surface area contributed by atoms with Gasteiger partial charge in [-0.1, -0.05) is 35.9 Å². The van der Waals surface area contributed by atoms with Crippen molar-refractivity contribution in [2.45, 2.75) is 38.3 Å². The fraction of sp³-hybridized carbons (Fsp3) is 0.222. The largest absolute Gasteiger partial charge is 0.323 e. The predicted molar refractivity (Wildman–Crippen MR) is 135 cm³/mol. The first-order chi connectivity index (χ1) is 16.6. The van der Waals surface area contributed by atoms with Gasteiger partial charge in [-0.3, -0.25) is 0 Å². The van der Waals surface area contributed by atoms with Gasteiger partial charge in [-0.05, 0) is 73.2 Å². The van der Waals surface area contributed by atoms with Crippen LogP contribution in [0.2, 0.25) is 5.02 Å². The third kappa shape index (κ3) is 3.62. The predicted octanol–water partition coefficient (Wildman–Crippen LogP) is 7.35. The standard InChI is InChI=1S/C27H23ClFN3OS/c28-18-13-11-17(12-14-18)25-23-9-5-15-31(23)26-20(19-6-1-4-10-24(19)34-26)16-32(25)27(33)30-22-8-3-2-7-21(22)29/h2-3,5,7-9,11-15,25H,1,4,6,10,16H2,(H,30,33). The number of amides is 2. The second kappa shape index (κ2) is 8.60. The summed E-state index contributed by atoms with van der Waals surface area (Å²) in [5.74, 6) is -0.453. The number of anilines is 1. The first-order valence-corrected chi connectivity index (χ1v) is 12.7. The zero-order chi connectivity index (χ0) is 23.2. The van der Waals surface area contributed by atoms with E-state index in [1.165, 1.54) is 33.5 Å². The lowest BCUT2D eigenvalue weighted by molar-refractivity contribution is 0.194. The molecule has 2 aromatic carbocycles. The highest BCUT2D eigenvalue weighted by Gasteiger charge is 2.36. The number of nitrogens with zero attached hydrogens (tertiary/aromatic N) is 2. The Hall–Kier alpha value is -3.09. The quantitative estimate of drug-likeness (QED) is 0.313. The van der Waals surface area contributed by atoms with Gasteiger partial charge >= 0.3 is 6.03 Å². The van der Waals surface area contributed by atoms with E-state index in [0.29, 0.717) is 11.6 Å². The van der Waals surface area contributed by atoms with Crippen LogP contribution in [-0.4, -0.2) is 15.5 Å². The Labute approximate surface area is 206 Å². The number of fused-ring (bicyclic) bond motifs is 5. The normalized spacial score (nSPS) is 16.9. The van der Waals surface area contributed by atoms with E-state index in [9.17, 15) is 9.18 Å². The number of urea groups is 1. The van der Waals surface area contributed by atoms with Crippen molar-refractivity contribution in [1.82, 2.24) is 9.47 Å². The number of nitrogens with one attached hydrogen (secondary N) is 1. The maximum Gasteiger partial charge on any atom is 0.323 e. The molecular formula is C27H23ClFN3OS. The number of hydrogen-bond donors (Lipinski definition) is 1. The van der Waals surface area contributed by atoms with Gasteiger partial charge in [-0.2, -0.15) is 0 Å². The number of hydrogen-bond acceptors (Lipinski definition) is 2. The molecule has 4 aromatic rings. The van der Waals surface area contributed by atoms with Gasteiger partial charge < -0.3 is 14.8 Å².